The van der Waals surface area contributed by atoms with E-state index in [0.717, 1.165) is 0 Å². The fourth-order valence-corrected chi connectivity index (χ4v) is 0.748. The molecule has 5 nitrogen and oxygen atoms in total. The molecule has 0 aliphatic heterocycles. The SMILES string of the molecule is CC(C)(C)C(=O)Cc1noc(N)n1. The summed E-state index contributed by atoms with van der Waals surface area (Å²) in [5.74, 6) is 0.408. The fraction of sp³-hybridized carbons (Fsp3) is 0.625. The first-order chi connectivity index (χ1) is 5.89. The molecule has 1 rings (SSSR count). The Hall–Kier alpha value is -1.39. The van der Waals surface area contributed by atoms with E-state index in [4.69, 9.17) is 5.73 Å². The van der Waals surface area contributed by atoms with Crippen LogP contribution in [0.2, 0.25) is 0 Å². The van der Waals surface area contributed by atoms with Crippen LogP contribution in [-0.4, -0.2) is 15.9 Å². The fourth-order valence-electron chi connectivity index (χ4n) is 0.748. The number of Topliss-reactive ketones (excluding diaryl/α,β-unsaturated/α-hetero) is 1. The van der Waals surface area contributed by atoms with Gasteiger partial charge in [0, 0.05) is 5.41 Å². The van der Waals surface area contributed by atoms with Crippen molar-refractivity contribution in [1.29, 1.82) is 0 Å². The number of nitrogens with zero attached hydrogens (tertiary/aromatic N) is 2. The molecule has 0 aliphatic rings. The van der Waals surface area contributed by atoms with Gasteiger partial charge in [0.1, 0.15) is 5.78 Å². The van der Waals surface area contributed by atoms with E-state index >= 15 is 0 Å². The minimum absolute atomic E-state index is 0.00305. The van der Waals surface area contributed by atoms with Crippen LogP contribution in [0, 0.1) is 5.41 Å². The maximum atomic E-state index is 11.5. The zero-order chi connectivity index (χ0) is 10.1. The highest BCUT2D eigenvalue weighted by atomic mass is 16.5. The Labute approximate surface area is 76.3 Å². The molecular weight excluding hydrogens is 170 g/mol. The highest BCUT2D eigenvalue weighted by Gasteiger charge is 2.22. The van der Waals surface area contributed by atoms with E-state index < -0.39 is 0 Å². The topological polar surface area (TPSA) is 82.0 Å². The lowest BCUT2D eigenvalue weighted by Gasteiger charge is -2.14. The molecule has 0 aliphatic carbocycles. The van der Waals surface area contributed by atoms with E-state index in [-0.39, 0.29) is 23.6 Å². The zero-order valence-corrected chi connectivity index (χ0v) is 8.00. The monoisotopic (exact) mass is 183 g/mol. The molecular formula is C8H13N3O2. The molecule has 13 heavy (non-hydrogen) atoms. The van der Waals surface area contributed by atoms with Crippen LogP contribution in [0.1, 0.15) is 26.6 Å². The minimum atomic E-state index is -0.380. The third-order valence-corrected chi connectivity index (χ3v) is 1.64. The lowest BCUT2D eigenvalue weighted by molar-refractivity contribution is -0.125. The predicted octanol–water partition coefficient (Wildman–Crippen LogP) is 0.809. The smallest absolute Gasteiger partial charge is 0.318 e. The van der Waals surface area contributed by atoms with Crippen LogP contribution >= 0.6 is 0 Å². The first-order valence-corrected chi connectivity index (χ1v) is 4.01. The Morgan fingerprint density at radius 2 is 2.15 bits per heavy atom. The van der Waals surface area contributed by atoms with Crippen molar-refractivity contribution >= 4 is 11.8 Å². The molecule has 0 bridgehead atoms. The number of carbonyl (C=O) groups is 1. The molecule has 1 aromatic heterocycles. The molecule has 0 fully saturated rings. The van der Waals surface area contributed by atoms with Crippen LogP contribution in [0.5, 0.6) is 0 Å². The second kappa shape index (κ2) is 3.16. The number of hydrogen-bond acceptors (Lipinski definition) is 5. The lowest BCUT2D eigenvalue weighted by atomic mass is 9.89. The van der Waals surface area contributed by atoms with Crippen molar-refractivity contribution in [2.75, 3.05) is 5.73 Å². The van der Waals surface area contributed by atoms with E-state index in [1.165, 1.54) is 0 Å². The van der Waals surface area contributed by atoms with E-state index in [9.17, 15) is 4.79 Å². The van der Waals surface area contributed by atoms with Gasteiger partial charge in [-0.15, -0.1) is 0 Å². The van der Waals surface area contributed by atoms with Crippen LogP contribution in [0.25, 0.3) is 0 Å². The van der Waals surface area contributed by atoms with Gasteiger partial charge in [0.25, 0.3) is 0 Å². The number of hydrogen-bond donors (Lipinski definition) is 1. The summed E-state index contributed by atoms with van der Waals surface area (Å²) in [4.78, 5) is 15.2. The first-order valence-electron chi connectivity index (χ1n) is 4.01. The van der Waals surface area contributed by atoms with Gasteiger partial charge >= 0.3 is 6.01 Å². The van der Waals surface area contributed by atoms with E-state index in [0.29, 0.717) is 5.82 Å². The lowest BCUT2D eigenvalue weighted by Crippen LogP contribution is -2.22. The van der Waals surface area contributed by atoms with Gasteiger partial charge in [-0.25, -0.2) is 0 Å². The van der Waals surface area contributed by atoms with Crippen molar-refractivity contribution in [2.24, 2.45) is 5.41 Å². The zero-order valence-electron chi connectivity index (χ0n) is 8.00. The standard InChI is InChI=1S/C8H13N3O2/c1-8(2,3)5(12)4-6-10-7(9)13-11-6/h4H2,1-3H3,(H2,9,10,11). The Morgan fingerprint density at radius 1 is 1.54 bits per heavy atom. The second-order valence-corrected chi connectivity index (χ2v) is 3.90. The maximum absolute atomic E-state index is 11.5. The number of anilines is 1. The number of nitrogen functional groups attached to an aromatic ring is 1. The second-order valence-electron chi connectivity index (χ2n) is 3.90. The van der Waals surface area contributed by atoms with Crippen molar-refractivity contribution in [3.8, 4) is 0 Å². The molecule has 5 heteroatoms. The molecule has 0 unspecified atom stereocenters. The van der Waals surface area contributed by atoms with Gasteiger partial charge in [-0.3, -0.25) is 4.79 Å². The van der Waals surface area contributed by atoms with Gasteiger partial charge in [-0.05, 0) is 0 Å². The molecule has 0 aromatic carbocycles. The normalized spacial score (nSPS) is 11.6. The average Bonchev–Trinajstić information content (AvgIpc) is 2.33. The van der Waals surface area contributed by atoms with Crippen molar-refractivity contribution in [1.82, 2.24) is 10.1 Å². The molecule has 1 heterocycles. The average molecular weight is 183 g/mol. The van der Waals surface area contributed by atoms with Crippen LogP contribution < -0.4 is 5.73 Å². The summed E-state index contributed by atoms with van der Waals surface area (Å²) in [6, 6.07) is -0.00305. The maximum Gasteiger partial charge on any atom is 0.318 e. The summed E-state index contributed by atoms with van der Waals surface area (Å²) < 4.78 is 4.54. The van der Waals surface area contributed by atoms with E-state index in [2.05, 4.69) is 14.7 Å². The summed E-state index contributed by atoms with van der Waals surface area (Å²) in [6.07, 6.45) is 0.171. The largest absolute Gasteiger partial charge is 0.351 e. The van der Waals surface area contributed by atoms with Gasteiger partial charge < -0.3 is 10.3 Å². The number of rotatable bonds is 2. The summed E-state index contributed by atoms with van der Waals surface area (Å²) >= 11 is 0. The Kier molecular flexibility index (Phi) is 2.36. The molecule has 1 aromatic rings. The molecule has 0 saturated carbocycles. The van der Waals surface area contributed by atoms with Gasteiger partial charge in [0.15, 0.2) is 5.82 Å². The number of nitrogens with two attached hydrogens (primary N) is 1. The van der Waals surface area contributed by atoms with E-state index in [1.807, 2.05) is 20.8 Å². The van der Waals surface area contributed by atoms with Crippen LogP contribution in [0.4, 0.5) is 6.01 Å². The van der Waals surface area contributed by atoms with Gasteiger partial charge in [0.2, 0.25) is 0 Å². The minimum Gasteiger partial charge on any atom is -0.351 e. The van der Waals surface area contributed by atoms with Crippen molar-refractivity contribution in [2.45, 2.75) is 27.2 Å². The number of aromatic nitrogens is 2. The van der Waals surface area contributed by atoms with Crippen molar-refractivity contribution in [3.05, 3.63) is 5.82 Å². The summed E-state index contributed by atoms with van der Waals surface area (Å²) in [5, 5.41) is 3.54. The van der Waals surface area contributed by atoms with Crippen LogP contribution in [0.3, 0.4) is 0 Å². The summed E-state index contributed by atoms with van der Waals surface area (Å²) in [6.45, 7) is 5.54. The van der Waals surface area contributed by atoms with Gasteiger partial charge in [0.05, 0.1) is 6.42 Å². The molecule has 0 spiro atoms. The highest BCUT2D eigenvalue weighted by Crippen LogP contribution is 2.16. The van der Waals surface area contributed by atoms with Crippen molar-refractivity contribution < 1.29 is 9.32 Å². The van der Waals surface area contributed by atoms with Crippen LogP contribution in [0.15, 0.2) is 4.52 Å². The third-order valence-electron chi connectivity index (χ3n) is 1.64. The Morgan fingerprint density at radius 3 is 2.54 bits per heavy atom. The first kappa shape index (κ1) is 9.70. The molecule has 0 radical (unpaired) electrons. The van der Waals surface area contributed by atoms with Gasteiger partial charge in [-0.2, -0.15) is 4.98 Å². The van der Waals surface area contributed by atoms with Gasteiger partial charge in [-0.1, -0.05) is 25.9 Å². The van der Waals surface area contributed by atoms with Crippen molar-refractivity contribution in [3.63, 3.8) is 0 Å². The molecule has 0 saturated heterocycles. The molecule has 2 N–H and O–H groups in total. The predicted molar refractivity (Wildman–Crippen MR) is 46.9 cm³/mol. The number of carbonyl (C=O) groups excluding carboxylic acids is 1. The third kappa shape index (κ3) is 2.54. The number of ketones is 1. The van der Waals surface area contributed by atoms with E-state index in [1.54, 1.807) is 0 Å². The highest BCUT2D eigenvalue weighted by molar-refractivity contribution is 5.85. The molecule has 0 atom stereocenters. The Bertz CT molecular complexity index is 311. The Balaban J connectivity index is 2.65. The summed E-state index contributed by atoms with van der Waals surface area (Å²) in [5.41, 5.74) is 4.83. The van der Waals surface area contributed by atoms with Crippen LogP contribution in [-0.2, 0) is 11.2 Å². The summed E-state index contributed by atoms with van der Waals surface area (Å²) in [7, 11) is 0. The molecule has 72 valence electrons. The molecule has 0 amide bonds. The quantitative estimate of drug-likeness (QED) is 0.733.